The zero-order chi connectivity index (χ0) is 57.3. The van der Waals surface area contributed by atoms with Gasteiger partial charge < -0.3 is 81.9 Å². The van der Waals surface area contributed by atoms with E-state index in [-0.39, 0.29) is 94.9 Å². The van der Waals surface area contributed by atoms with Crippen LogP contribution in [0.4, 0.5) is 0 Å². The lowest BCUT2D eigenvalue weighted by molar-refractivity contribution is -0.136. The summed E-state index contributed by atoms with van der Waals surface area (Å²) in [5.41, 5.74) is 35.3. The van der Waals surface area contributed by atoms with Gasteiger partial charge in [-0.1, -0.05) is 30.3 Å². The minimum absolute atomic E-state index is 0.000360. The lowest BCUT2D eigenvalue weighted by atomic mass is 10.0. The molecule has 28 nitrogen and oxygen atoms in total. The Morgan fingerprint density at radius 1 is 0.718 bits per heavy atom. The first-order chi connectivity index (χ1) is 37.1. The number of aromatic amines is 1. The predicted octanol–water partition coefficient (Wildman–Crippen LogP) is -4.21. The smallest absolute Gasteiger partial charge is 0.243 e. The number of aliphatic imine (C=N–C) groups is 2. The molecule has 1 aromatic heterocycles. The standard InChI is InChI=1S/C50H70N18O10/c1-27(69)62-34(10-5-21-59-49(54)55)43(73)66-37-17-19-41(71)58-20-4-9-33(42(53)72)63-48(78)39(24-30-26-61-32-8-3-2-7-31(30)32)68-44(74)35(11-6-22-60-50(56)57)64-47(77)38(23-28-12-14-29(25-51)15-13-28)67-46(76)36(65-45(37)75)16-18-40(52)70/h2-3,7-8,12-15,26,33-39,61H,4-6,9-11,16-24H2,1H3,(H2,52,70)(H2,53,72)(H,58,71)(H,62,69)(H,63,78)(H,64,77)(H,65,75)(H,66,73)(H,67,76)(H,68,74)(H4,54,55,59)(H4,56,57,60)/t33?,34-,35-,36-,37-,38+,39-/m0/s1. The van der Waals surface area contributed by atoms with Crippen LogP contribution in [-0.4, -0.2) is 138 Å². The molecular weight excluding hydrogens is 1010 g/mol. The van der Waals surface area contributed by atoms with E-state index in [4.69, 9.17) is 34.4 Å². The Hall–Kier alpha value is -9.29. The summed E-state index contributed by atoms with van der Waals surface area (Å²) < 4.78 is 0. The van der Waals surface area contributed by atoms with Crippen LogP contribution in [0.2, 0.25) is 0 Å². The normalized spacial score (nSPS) is 20.6. The lowest BCUT2D eigenvalue weighted by Crippen LogP contribution is -2.60. The minimum Gasteiger partial charge on any atom is -0.370 e. The first-order valence-electron chi connectivity index (χ1n) is 25.2. The second kappa shape index (κ2) is 30.9. The van der Waals surface area contributed by atoms with E-state index in [0.29, 0.717) is 11.1 Å². The molecule has 78 heavy (non-hydrogen) atoms. The van der Waals surface area contributed by atoms with E-state index in [2.05, 4.69) is 57.5 Å². The number of para-hydroxylation sites is 1. The second-order valence-electron chi connectivity index (χ2n) is 18.5. The van der Waals surface area contributed by atoms with Gasteiger partial charge in [-0.25, -0.2) is 0 Å². The van der Waals surface area contributed by atoms with Crippen LogP contribution in [0.15, 0.2) is 64.7 Å². The molecule has 0 bridgehead atoms. The predicted molar refractivity (Wildman–Crippen MR) is 285 cm³/mol. The fourth-order valence-electron chi connectivity index (χ4n) is 8.32. The average molecular weight is 1080 g/mol. The Kier molecular flexibility index (Phi) is 24.3. The van der Waals surface area contributed by atoms with Crippen molar-refractivity contribution < 1.29 is 47.9 Å². The summed E-state index contributed by atoms with van der Waals surface area (Å²) in [7, 11) is 0. The Balaban J connectivity index is 1.81. The molecule has 1 aliphatic rings. The number of aromatic nitrogens is 1. The molecule has 420 valence electrons. The number of carbonyl (C=O) groups excluding carboxylic acids is 10. The molecule has 1 aliphatic heterocycles. The average Bonchev–Trinajstić information content (AvgIpc) is 3.81. The highest BCUT2D eigenvalue weighted by Gasteiger charge is 2.35. The van der Waals surface area contributed by atoms with E-state index in [0.717, 1.165) is 10.9 Å². The summed E-state index contributed by atoms with van der Waals surface area (Å²) >= 11 is 0. The fraction of sp³-hybridized carbons (Fsp3) is 0.460. The number of primary amides is 2. The maximum atomic E-state index is 14.7. The summed E-state index contributed by atoms with van der Waals surface area (Å²) in [6.45, 7) is 1.20. The highest BCUT2D eigenvalue weighted by Crippen LogP contribution is 2.20. The van der Waals surface area contributed by atoms with Crippen LogP contribution in [0.3, 0.4) is 0 Å². The molecular formula is C50H70N18O10. The number of amides is 10. The number of nitrogens with zero attached hydrogens (tertiary/aromatic N) is 3. The zero-order valence-electron chi connectivity index (χ0n) is 43.2. The third-order valence-corrected chi connectivity index (χ3v) is 12.4. The number of H-pyrrole nitrogens is 1. The molecule has 2 aromatic carbocycles. The minimum atomic E-state index is -1.64. The molecule has 1 unspecified atom stereocenters. The van der Waals surface area contributed by atoms with Crippen LogP contribution < -0.4 is 76.9 Å². The Morgan fingerprint density at radius 2 is 1.31 bits per heavy atom. The van der Waals surface area contributed by atoms with Gasteiger partial charge in [-0.05, 0) is 80.7 Å². The summed E-state index contributed by atoms with van der Waals surface area (Å²) in [6.07, 6.45) is -0.250. The quantitative estimate of drug-likeness (QED) is 0.0307. The number of fused-ring (bicyclic) bond motifs is 1. The molecule has 21 N–H and O–H groups in total. The SMILES string of the molecule is CC(=O)N[C@@H](CCCN=C(N)N)C(=O)N[C@H]1CCC(=O)NCCCC(C(N)=O)NC(=O)[C@H](Cc2c[nH]c3ccccc23)NC(=O)[C@H](CCCN=C(N)N)NC(=O)[C@@H](Cc2ccc(C#N)cc2)NC(=O)[C@H](CCC(N)=O)NC1=O. The Bertz CT molecular complexity index is 2730. The van der Waals surface area contributed by atoms with Gasteiger partial charge >= 0.3 is 0 Å². The number of hydrogen-bond donors (Lipinski definition) is 15. The van der Waals surface area contributed by atoms with Crippen LogP contribution in [0, 0.1) is 11.3 Å². The van der Waals surface area contributed by atoms with Crippen molar-refractivity contribution in [3.63, 3.8) is 0 Å². The van der Waals surface area contributed by atoms with E-state index in [9.17, 15) is 53.2 Å². The van der Waals surface area contributed by atoms with Gasteiger partial charge in [0.25, 0.3) is 0 Å². The largest absolute Gasteiger partial charge is 0.370 e. The summed E-state index contributed by atoms with van der Waals surface area (Å²) in [5.74, 6) is -9.00. The van der Waals surface area contributed by atoms with Crippen molar-refractivity contribution >= 4 is 81.9 Å². The van der Waals surface area contributed by atoms with Gasteiger partial charge in [-0.15, -0.1) is 0 Å². The van der Waals surface area contributed by atoms with Gasteiger partial charge in [0.05, 0.1) is 11.6 Å². The molecule has 28 heteroatoms. The molecule has 0 spiro atoms. The highest BCUT2D eigenvalue weighted by atomic mass is 16.2. The van der Waals surface area contributed by atoms with Crippen molar-refractivity contribution in [3.05, 3.63) is 71.4 Å². The zero-order valence-corrected chi connectivity index (χ0v) is 43.2. The molecule has 0 aliphatic carbocycles. The molecule has 0 radical (unpaired) electrons. The second-order valence-corrected chi connectivity index (χ2v) is 18.5. The third kappa shape index (κ3) is 20.8. The van der Waals surface area contributed by atoms with Crippen LogP contribution in [0.5, 0.6) is 0 Å². The highest BCUT2D eigenvalue weighted by molar-refractivity contribution is 5.98. The number of guanidine groups is 2. The molecule has 1 saturated heterocycles. The molecule has 0 saturated carbocycles. The Labute approximate surface area is 449 Å². The van der Waals surface area contributed by atoms with E-state index in [1.165, 1.54) is 31.2 Å². The van der Waals surface area contributed by atoms with Crippen LogP contribution in [-0.2, 0) is 60.8 Å². The molecule has 10 amide bonds. The van der Waals surface area contributed by atoms with Crippen LogP contribution in [0.1, 0.15) is 87.8 Å². The third-order valence-electron chi connectivity index (χ3n) is 12.4. The van der Waals surface area contributed by atoms with Crippen LogP contribution in [0.25, 0.3) is 10.9 Å². The lowest BCUT2D eigenvalue weighted by Gasteiger charge is -2.28. The number of nitrogens with one attached hydrogen (secondary N) is 9. The van der Waals surface area contributed by atoms with Crippen molar-refractivity contribution in [1.82, 2.24) is 47.5 Å². The first kappa shape index (κ1) is 61.3. The molecule has 7 atom stereocenters. The topological polar surface area (TPSA) is 487 Å². The van der Waals surface area contributed by atoms with Gasteiger partial charge in [0.2, 0.25) is 59.1 Å². The van der Waals surface area contributed by atoms with Gasteiger partial charge in [0, 0.05) is 69.3 Å². The van der Waals surface area contributed by atoms with Gasteiger partial charge in [-0.3, -0.25) is 57.9 Å². The summed E-state index contributed by atoms with van der Waals surface area (Å²) in [5, 5.41) is 31.1. The van der Waals surface area contributed by atoms with Crippen molar-refractivity contribution in [3.8, 4) is 6.07 Å². The Morgan fingerprint density at radius 3 is 1.94 bits per heavy atom. The molecule has 2 heterocycles. The fourth-order valence-corrected chi connectivity index (χ4v) is 8.32. The number of carbonyl (C=O) groups is 10. The van der Waals surface area contributed by atoms with Crippen molar-refractivity contribution in [2.45, 2.75) is 126 Å². The number of rotatable bonds is 19. The maximum absolute atomic E-state index is 14.7. The van der Waals surface area contributed by atoms with E-state index in [1.54, 1.807) is 24.4 Å². The van der Waals surface area contributed by atoms with E-state index in [1.807, 2.05) is 12.1 Å². The summed E-state index contributed by atoms with van der Waals surface area (Å²) in [6, 6.07) is 5.03. The van der Waals surface area contributed by atoms with Crippen molar-refractivity contribution in [2.24, 2.45) is 44.4 Å². The van der Waals surface area contributed by atoms with Gasteiger partial charge in [-0.2, -0.15) is 5.26 Å². The van der Waals surface area contributed by atoms with E-state index < -0.39 is 121 Å². The van der Waals surface area contributed by atoms with Gasteiger partial charge in [0.1, 0.15) is 42.3 Å². The van der Waals surface area contributed by atoms with Crippen LogP contribution >= 0.6 is 0 Å². The maximum Gasteiger partial charge on any atom is 0.243 e. The molecule has 4 rings (SSSR count). The molecule has 3 aromatic rings. The number of hydrogen-bond acceptors (Lipinski definition) is 13. The summed E-state index contributed by atoms with van der Waals surface area (Å²) in [4.78, 5) is 148. The van der Waals surface area contributed by atoms with Gasteiger partial charge in [0.15, 0.2) is 11.9 Å². The monoisotopic (exact) mass is 1080 g/mol. The number of benzene rings is 2. The molecule has 1 fully saturated rings. The van der Waals surface area contributed by atoms with E-state index >= 15 is 0 Å². The number of nitriles is 1. The first-order valence-corrected chi connectivity index (χ1v) is 25.2. The number of nitrogens with two attached hydrogens (primary N) is 6. The van der Waals surface area contributed by atoms with Crippen molar-refractivity contribution in [1.29, 1.82) is 5.26 Å². The van der Waals surface area contributed by atoms with Crippen molar-refractivity contribution in [2.75, 3.05) is 19.6 Å².